The van der Waals surface area contributed by atoms with Crippen LogP contribution < -0.4 is 0 Å². The van der Waals surface area contributed by atoms with Gasteiger partial charge in [0.25, 0.3) is 0 Å². The van der Waals surface area contributed by atoms with Gasteiger partial charge in [-0.3, -0.25) is 0 Å². The molecule has 1 aliphatic rings. The standard InChI is InChI=1S/C11H20/c1-9-6-5-7-10(8-9)11(2,3)4/h6,10H,5,7-8H2,1-4H3/t10-/m1/s1. The van der Waals surface area contributed by atoms with Gasteiger partial charge in [-0.1, -0.05) is 32.4 Å². The fourth-order valence-electron chi connectivity index (χ4n) is 1.84. The van der Waals surface area contributed by atoms with Crippen LogP contribution in [0.2, 0.25) is 0 Å². The Morgan fingerprint density at radius 1 is 1.36 bits per heavy atom. The Kier molecular flexibility index (Phi) is 2.41. The predicted octanol–water partition coefficient (Wildman–Crippen LogP) is 3.78. The topological polar surface area (TPSA) is 0 Å². The third kappa shape index (κ3) is 2.36. The third-order valence-corrected chi connectivity index (χ3v) is 2.80. The molecule has 11 heavy (non-hydrogen) atoms. The van der Waals surface area contributed by atoms with Gasteiger partial charge in [-0.25, -0.2) is 0 Å². The first-order chi connectivity index (χ1) is 5.00. The Bertz CT molecular complexity index is 157. The molecule has 0 saturated heterocycles. The van der Waals surface area contributed by atoms with Crippen molar-refractivity contribution in [1.29, 1.82) is 0 Å². The zero-order valence-corrected chi connectivity index (χ0v) is 8.28. The van der Waals surface area contributed by atoms with Crippen molar-refractivity contribution < 1.29 is 0 Å². The van der Waals surface area contributed by atoms with E-state index >= 15 is 0 Å². The molecule has 64 valence electrons. The lowest BCUT2D eigenvalue weighted by molar-refractivity contribution is 0.218. The molecule has 0 nitrogen and oxygen atoms in total. The van der Waals surface area contributed by atoms with Crippen molar-refractivity contribution in [3.63, 3.8) is 0 Å². The molecule has 0 N–H and O–H groups in total. The average molecular weight is 152 g/mol. The summed E-state index contributed by atoms with van der Waals surface area (Å²) in [6.45, 7) is 9.33. The Morgan fingerprint density at radius 2 is 2.00 bits per heavy atom. The van der Waals surface area contributed by atoms with Gasteiger partial charge < -0.3 is 0 Å². The van der Waals surface area contributed by atoms with Gasteiger partial charge >= 0.3 is 0 Å². The first-order valence-electron chi connectivity index (χ1n) is 4.66. The number of hydrogen-bond acceptors (Lipinski definition) is 0. The van der Waals surface area contributed by atoms with Gasteiger partial charge in [-0.2, -0.15) is 0 Å². The van der Waals surface area contributed by atoms with Crippen molar-refractivity contribution in [2.45, 2.75) is 47.0 Å². The minimum absolute atomic E-state index is 0.509. The van der Waals surface area contributed by atoms with Gasteiger partial charge in [0.15, 0.2) is 0 Å². The molecular formula is C11H20. The van der Waals surface area contributed by atoms with E-state index < -0.39 is 0 Å². The van der Waals surface area contributed by atoms with E-state index in [9.17, 15) is 0 Å². The fraction of sp³-hybridized carbons (Fsp3) is 0.818. The molecule has 1 atom stereocenters. The molecule has 0 saturated carbocycles. The smallest absolute Gasteiger partial charge is 0.0289 e. The summed E-state index contributed by atoms with van der Waals surface area (Å²) < 4.78 is 0. The molecule has 0 aliphatic heterocycles. The molecule has 1 aliphatic carbocycles. The van der Waals surface area contributed by atoms with E-state index in [1.165, 1.54) is 19.3 Å². The van der Waals surface area contributed by atoms with Crippen LogP contribution in [-0.4, -0.2) is 0 Å². The summed E-state index contributed by atoms with van der Waals surface area (Å²) in [5.41, 5.74) is 2.10. The largest absolute Gasteiger partial charge is 0.0856 e. The van der Waals surface area contributed by atoms with Gasteiger partial charge in [0.1, 0.15) is 0 Å². The Balaban J connectivity index is 2.58. The molecule has 0 aromatic rings. The van der Waals surface area contributed by atoms with Gasteiger partial charge in [-0.15, -0.1) is 0 Å². The molecule has 0 spiro atoms. The fourth-order valence-corrected chi connectivity index (χ4v) is 1.84. The van der Waals surface area contributed by atoms with Crippen molar-refractivity contribution in [3.05, 3.63) is 11.6 Å². The quantitative estimate of drug-likeness (QED) is 0.463. The minimum atomic E-state index is 0.509. The van der Waals surface area contributed by atoms with Gasteiger partial charge in [0, 0.05) is 0 Å². The lowest BCUT2D eigenvalue weighted by atomic mass is 9.73. The average Bonchev–Trinajstić information content (AvgIpc) is 1.86. The molecule has 0 heteroatoms. The van der Waals surface area contributed by atoms with Crippen molar-refractivity contribution >= 4 is 0 Å². The predicted molar refractivity (Wildman–Crippen MR) is 50.6 cm³/mol. The lowest BCUT2D eigenvalue weighted by Crippen LogP contribution is -2.22. The van der Waals surface area contributed by atoms with Crippen LogP contribution >= 0.6 is 0 Å². The Hall–Kier alpha value is -0.260. The zero-order valence-electron chi connectivity index (χ0n) is 8.28. The molecule has 0 aromatic carbocycles. The SMILES string of the molecule is CC1=CCC[C@@H](C(C)(C)C)C1. The molecule has 0 fully saturated rings. The molecule has 1 rings (SSSR count). The van der Waals surface area contributed by atoms with Crippen LogP contribution in [-0.2, 0) is 0 Å². The third-order valence-electron chi connectivity index (χ3n) is 2.80. The first-order valence-corrected chi connectivity index (χ1v) is 4.66. The van der Waals surface area contributed by atoms with E-state index in [1.54, 1.807) is 5.57 Å². The minimum Gasteiger partial charge on any atom is -0.0856 e. The molecule has 0 unspecified atom stereocenters. The highest BCUT2D eigenvalue weighted by Crippen LogP contribution is 2.37. The van der Waals surface area contributed by atoms with Crippen LogP contribution in [0.3, 0.4) is 0 Å². The molecule has 0 amide bonds. The van der Waals surface area contributed by atoms with Gasteiger partial charge in [0.05, 0.1) is 0 Å². The maximum absolute atomic E-state index is 2.39. The van der Waals surface area contributed by atoms with Crippen LogP contribution in [0.5, 0.6) is 0 Å². The molecule has 0 aromatic heterocycles. The van der Waals surface area contributed by atoms with Crippen LogP contribution in [0, 0.1) is 11.3 Å². The summed E-state index contributed by atoms with van der Waals surface area (Å²) in [5, 5.41) is 0. The first kappa shape index (κ1) is 8.83. The van der Waals surface area contributed by atoms with E-state index in [0.29, 0.717) is 5.41 Å². The molecular weight excluding hydrogens is 132 g/mol. The summed E-state index contributed by atoms with van der Waals surface area (Å²) in [5.74, 6) is 0.910. The molecule has 0 radical (unpaired) electrons. The van der Waals surface area contributed by atoms with Gasteiger partial charge in [0.2, 0.25) is 0 Å². The van der Waals surface area contributed by atoms with E-state index in [-0.39, 0.29) is 0 Å². The monoisotopic (exact) mass is 152 g/mol. The van der Waals surface area contributed by atoms with Crippen LogP contribution in [0.1, 0.15) is 47.0 Å². The van der Waals surface area contributed by atoms with E-state index in [4.69, 9.17) is 0 Å². The second-order valence-corrected chi connectivity index (χ2v) is 4.89. The number of hydrogen-bond donors (Lipinski definition) is 0. The number of allylic oxidation sites excluding steroid dienone is 2. The van der Waals surface area contributed by atoms with Crippen molar-refractivity contribution in [3.8, 4) is 0 Å². The highest BCUT2D eigenvalue weighted by atomic mass is 14.3. The second kappa shape index (κ2) is 3.00. The van der Waals surface area contributed by atoms with Crippen molar-refractivity contribution in [1.82, 2.24) is 0 Å². The Labute approximate surface area is 70.7 Å². The van der Waals surface area contributed by atoms with Crippen LogP contribution in [0.25, 0.3) is 0 Å². The highest BCUT2D eigenvalue weighted by molar-refractivity contribution is 5.04. The van der Waals surface area contributed by atoms with Gasteiger partial charge in [-0.05, 0) is 37.5 Å². The van der Waals surface area contributed by atoms with E-state index in [2.05, 4.69) is 33.8 Å². The van der Waals surface area contributed by atoms with E-state index in [1.807, 2.05) is 0 Å². The summed E-state index contributed by atoms with van der Waals surface area (Å²) in [7, 11) is 0. The highest BCUT2D eigenvalue weighted by Gasteiger charge is 2.25. The summed E-state index contributed by atoms with van der Waals surface area (Å²) in [6, 6.07) is 0. The normalized spacial score (nSPS) is 26.5. The van der Waals surface area contributed by atoms with Crippen LogP contribution in [0.4, 0.5) is 0 Å². The summed E-state index contributed by atoms with van der Waals surface area (Å²) in [6.07, 6.45) is 6.40. The zero-order chi connectivity index (χ0) is 8.48. The molecule has 0 bridgehead atoms. The van der Waals surface area contributed by atoms with Crippen molar-refractivity contribution in [2.24, 2.45) is 11.3 Å². The van der Waals surface area contributed by atoms with Crippen molar-refractivity contribution in [2.75, 3.05) is 0 Å². The van der Waals surface area contributed by atoms with E-state index in [0.717, 1.165) is 5.92 Å². The maximum atomic E-state index is 2.39. The lowest BCUT2D eigenvalue weighted by Gasteiger charge is -2.33. The second-order valence-electron chi connectivity index (χ2n) is 4.89. The Morgan fingerprint density at radius 3 is 2.36 bits per heavy atom. The molecule has 0 heterocycles. The van der Waals surface area contributed by atoms with Crippen LogP contribution in [0.15, 0.2) is 11.6 Å². The maximum Gasteiger partial charge on any atom is -0.0289 e. The number of rotatable bonds is 0. The summed E-state index contributed by atoms with van der Waals surface area (Å²) >= 11 is 0. The summed E-state index contributed by atoms with van der Waals surface area (Å²) in [4.78, 5) is 0.